The fourth-order valence-electron chi connectivity index (χ4n) is 3.87. The summed E-state index contributed by atoms with van der Waals surface area (Å²) < 4.78 is 27.0. The highest BCUT2D eigenvalue weighted by Gasteiger charge is 2.23. The molecule has 1 aromatic heterocycles. The first-order chi connectivity index (χ1) is 15.1. The number of carbonyl (C=O) groups excluding carboxylic acids is 1. The summed E-state index contributed by atoms with van der Waals surface area (Å²) in [5.74, 6) is 1.78. The zero-order chi connectivity index (χ0) is 21.5. The summed E-state index contributed by atoms with van der Waals surface area (Å²) in [6.45, 7) is -0.0803. The number of ether oxygens (including phenoxy) is 5. The lowest BCUT2D eigenvalue weighted by atomic mass is 9.93. The SMILES string of the molecule is COC(=O)COc1ccc(-c2c3c[nH]c(O)c3cc3ccc4c(c23)OCO4)cc1OC. The van der Waals surface area contributed by atoms with Crippen LogP contribution in [0.15, 0.2) is 42.6 Å². The van der Waals surface area contributed by atoms with Crippen LogP contribution in [-0.2, 0) is 9.53 Å². The maximum atomic E-state index is 11.4. The topological polar surface area (TPSA) is 99.2 Å². The molecule has 5 rings (SSSR count). The van der Waals surface area contributed by atoms with Crippen LogP contribution in [0.3, 0.4) is 0 Å². The van der Waals surface area contributed by atoms with E-state index in [0.29, 0.717) is 28.4 Å². The molecule has 8 nitrogen and oxygen atoms in total. The number of fused-ring (bicyclic) bond motifs is 4. The average molecular weight is 421 g/mol. The Morgan fingerprint density at radius 1 is 1.10 bits per heavy atom. The van der Waals surface area contributed by atoms with Gasteiger partial charge in [0.2, 0.25) is 6.79 Å². The fourth-order valence-corrected chi connectivity index (χ4v) is 3.87. The molecule has 158 valence electrons. The molecular weight excluding hydrogens is 402 g/mol. The summed E-state index contributed by atoms with van der Waals surface area (Å²) in [7, 11) is 2.83. The van der Waals surface area contributed by atoms with Gasteiger partial charge in [-0.2, -0.15) is 0 Å². The molecule has 0 unspecified atom stereocenters. The average Bonchev–Trinajstić information content (AvgIpc) is 3.42. The molecule has 0 aliphatic carbocycles. The van der Waals surface area contributed by atoms with Gasteiger partial charge in [0.25, 0.3) is 0 Å². The summed E-state index contributed by atoms with van der Waals surface area (Å²) in [4.78, 5) is 14.3. The zero-order valence-corrected chi connectivity index (χ0v) is 16.9. The van der Waals surface area contributed by atoms with E-state index in [1.54, 1.807) is 12.3 Å². The van der Waals surface area contributed by atoms with E-state index in [0.717, 1.165) is 27.3 Å². The van der Waals surface area contributed by atoms with Gasteiger partial charge in [0, 0.05) is 27.9 Å². The minimum Gasteiger partial charge on any atom is -0.494 e. The molecule has 2 heterocycles. The lowest BCUT2D eigenvalue weighted by molar-refractivity contribution is -0.142. The molecule has 0 bridgehead atoms. The smallest absolute Gasteiger partial charge is 0.343 e. The minimum atomic E-state index is -0.489. The number of aromatic amines is 1. The maximum absolute atomic E-state index is 11.4. The highest BCUT2D eigenvalue weighted by atomic mass is 16.7. The molecule has 8 heteroatoms. The molecule has 0 amide bonds. The number of carbonyl (C=O) groups is 1. The number of hydrogen-bond acceptors (Lipinski definition) is 7. The van der Waals surface area contributed by atoms with E-state index in [1.807, 2.05) is 30.3 Å². The summed E-state index contributed by atoms with van der Waals surface area (Å²) in [6.07, 6.45) is 1.75. The van der Waals surface area contributed by atoms with Crippen molar-refractivity contribution in [2.75, 3.05) is 27.6 Å². The highest BCUT2D eigenvalue weighted by molar-refractivity contribution is 6.16. The van der Waals surface area contributed by atoms with Gasteiger partial charge in [0.1, 0.15) is 0 Å². The monoisotopic (exact) mass is 421 g/mol. The van der Waals surface area contributed by atoms with Crippen LogP contribution in [0, 0.1) is 0 Å². The third-order valence-corrected chi connectivity index (χ3v) is 5.31. The molecule has 4 aromatic rings. The normalized spacial score (nSPS) is 12.3. The van der Waals surface area contributed by atoms with Crippen molar-refractivity contribution in [3.63, 3.8) is 0 Å². The predicted octanol–water partition coefficient (Wildman–Crippen LogP) is 3.98. The summed E-state index contributed by atoms with van der Waals surface area (Å²) in [5.41, 5.74) is 1.67. The van der Waals surface area contributed by atoms with Gasteiger partial charge in [0.15, 0.2) is 35.5 Å². The van der Waals surface area contributed by atoms with E-state index in [-0.39, 0.29) is 19.3 Å². The van der Waals surface area contributed by atoms with Crippen molar-refractivity contribution in [3.8, 4) is 40.0 Å². The molecule has 31 heavy (non-hydrogen) atoms. The van der Waals surface area contributed by atoms with Gasteiger partial charge in [-0.3, -0.25) is 0 Å². The number of aromatic nitrogens is 1. The number of hydrogen-bond donors (Lipinski definition) is 2. The van der Waals surface area contributed by atoms with Crippen molar-refractivity contribution in [1.82, 2.24) is 4.98 Å². The Hall–Kier alpha value is -4.07. The Balaban J connectivity index is 1.73. The largest absolute Gasteiger partial charge is 0.494 e. The van der Waals surface area contributed by atoms with E-state index in [9.17, 15) is 9.90 Å². The number of nitrogens with one attached hydrogen (secondary N) is 1. The van der Waals surface area contributed by atoms with Gasteiger partial charge in [-0.1, -0.05) is 12.1 Å². The van der Waals surface area contributed by atoms with Crippen LogP contribution < -0.4 is 18.9 Å². The number of rotatable bonds is 5. The van der Waals surface area contributed by atoms with Crippen molar-refractivity contribution in [2.24, 2.45) is 0 Å². The summed E-state index contributed by atoms with van der Waals surface area (Å²) >= 11 is 0. The van der Waals surface area contributed by atoms with Gasteiger partial charge < -0.3 is 33.8 Å². The zero-order valence-electron chi connectivity index (χ0n) is 16.9. The Kier molecular flexibility index (Phi) is 4.47. The summed E-state index contributed by atoms with van der Waals surface area (Å²) in [6, 6.07) is 11.1. The Morgan fingerprint density at radius 3 is 2.77 bits per heavy atom. The van der Waals surface area contributed by atoms with E-state index >= 15 is 0 Å². The van der Waals surface area contributed by atoms with Crippen molar-refractivity contribution in [2.45, 2.75) is 0 Å². The van der Waals surface area contributed by atoms with Gasteiger partial charge in [0.05, 0.1) is 14.2 Å². The molecule has 2 N–H and O–H groups in total. The second-order valence-corrected chi connectivity index (χ2v) is 6.98. The van der Waals surface area contributed by atoms with Crippen LogP contribution in [-0.4, -0.2) is 43.7 Å². The first-order valence-corrected chi connectivity index (χ1v) is 9.54. The van der Waals surface area contributed by atoms with Crippen molar-refractivity contribution in [3.05, 3.63) is 42.6 Å². The van der Waals surface area contributed by atoms with Crippen molar-refractivity contribution in [1.29, 1.82) is 0 Å². The fraction of sp³-hybridized carbons (Fsp3) is 0.174. The van der Waals surface area contributed by atoms with Gasteiger partial charge in [-0.25, -0.2) is 4.79 Å². The van der Waals surface area contributed by atoms with Gasteiger partial charge in [-0.15, -0.1) is 0 Å². The number of aromatic hydroxyl groups is 1. The Morgan fingerprint density at radius 2 is 1.97 bits per heavy atom. The third kappa shape index (κ3) is 3.04. The second-order valence-electron chi connectivity index (χ2n) is 6.98. The number of benzene rings is 3. The van der Waals surface area contributed by atoms with Crippen LogP contribution in [0.1, 0.15) is 0 Å². The Bertz CT molecular complexity index is 1320. The second kappa shape index (κ2) is 7.32. The van der Waals surface area contributed by atoms with Gasteiger partial charge >= 0.3 is 5.97 Å². The van der Waals surface area contributed by atoms with Crippen molar-refractivity contribution < 1.29 is 33.6 Å². The lowest BCUT2D eigenvalue weighted by Crippen LogP contribution is -2.12. The predicted molar refractivity (Wildman–Crippen MR) is 113 cm³/mol. The molecule has 1 aliphatic heterocycles. The molecular formula is C23H19NO7. The standard InChI is InChI=1S/C23H19NO7/c1-27-18-8-13(3-5-16(18)29-10-19(25)28-2)20-15-9-24-23(26)14(15)7-12-4-6-17-22(21(12)20)31-11-30-17/h3-9,24,26H,10-11H2,1-2H3. The molecule has 0 spiro atoms. The number of methoxy groups -OCH3 is 2. The molecule has 0 saturated carbocycles. The molecule has 0 saturated heterocycles. The molecule has 0 fully saturated rings. The van der Waals surface area contributed by atoms with E-state index < -0.39 is 5.97 Å². The first-order valence-electron chi connectivity index (χ1n) is 9.54. The van der Waals surface area contributed by atoms with Crippen LogP contribution in [0.5, 0.6) is 28.9 Å². The van der Waals surface area contributed by atoms with Crippen molar-refractivity contribution >= 4 is 27.5 Å². The molecule has 0 atom stereocenters. The van der Waals surface area contributed by atoms with E-state index in [1.165, 1.54) is 14.2 Å². The molecule has 1 aliphatic rings. The minimum absolute atomic E-state index is 0.0841. The van der Waals surface area contributed by atoms with Crippen LogP contribution in [0.25, 0.3) is 32.7 Å². The van der Waals surface area contributed by atoms with Gasteiger partial charge in [-0.05, 0) is 35.2 Å². The molecule has 3 aromatic carbocycles. The highest BCUT2D eigenvalue weighted by Crippen LogP contribution is 2.48. The maximum Gasteiger partial charge on any atom is 0.343 e. The molecule has 0 radical (unpaired) electrons. The van der Waals surface area contributed by atoms with Crippen LogP contribution in [0.4, 0.5) is 0 Å². The van der Waals surface area contributed by atoms with Crippen LogP contribution >= 0.6 is 0 Å². The number of esters is 1. The quantitative estimate of drug-likeness (QED) is 0.470. The lowest BCUT2D eigenvalue weighted by Gasteiger charge is -2.15. The summed E-state index contributed by atoms with van der Waals surface area (Å²) in [5, 5.41) is 13.6. The van der Waals surface area contributed by atoms with E-state index in [2.05, 4.69) is 9.72 Å². The third-order valence-electron chi connectivity index (χ3n) is 5.31. The van der Waals surface area contributed by atoms with Crippen LogP contribution in [0.2, 0.25) is 0 Å². The number of H-pyrrole nitrogens is 1. The first kappa shape index (κ1) is 18.9. The Labute approximate surface area is 176 Å². The van der Waals surface area contributed by atoms with E-state index in [4.69, 9.17) is 18.9 Å².